The van der Waals surface area contributed by atoms with Crippen LogP contribution in [0, 0.1) is 5.92 Å². The number of likely N-dealkylation sites (tertiary alicyclic amines) is 2. The molecule has 3 fully saturated rings. The van der Waals surface area contributed by atoms with E-state index in [0.29, 0.717) is 32.0 Å². The molecule has 142 valence electrons. The second-order valence-electron chi connectivity index (χ2n) is 7.55. The molecule has 2 saturated heterocycles. The number of amides is 1. The SMILES string of the molecule is O=C1C(N2CC(Cn3nc(C4CC4)ccc3=O)C2)CCN1CC(F)(F)F. The maximum atomic E-state index is 12.5. The molecular weight excluding hydrogens is 349 g/mol. The number of carbonyl (C=O) groups is 1. The zero-order valence-electron chi connectivity index (χ0n) is 14.3. The van der Waals surface area contributed by atoms with E-state index in [4.69, 9.17) is 0 Å². The first-order valence-electron chi connectivity index (χ1n) is 8.98. The van der Waals surface area contributed by atoms with Crippen molar-refractivity contribution in [2.24, 2.45) is 5.92 Å². The lowest BCUT2D eigenvalue weighted by atomic mass is 9.97. The number of nitrogens with zero attached hydrogens (tertiary/aromatic N) is 4. The molecule has 6 nitrogen and oxygen atoms in total. The number of halogens is 3. The van der Waals surface area contributed by atoms with Gasteiger partial charge in [-0.3, -0.25) is 14.5 Å². The summed E-state index contributed by atoms with van der Waals surface area (Å²) in [4.78, 5) is 27.0. The van der Waals surface area contributed by atoms with Gasteiger partial charge in [-0.1, -0.05) is 0 Å². The molecule has 0 radical (unpaired) electrons. The quantitative estimate of drug-likeness (QED) is 0.782. The summed E-state index contributed by atoms with van der Waals surface area (Å²) in [5.41, 5.74) is 0.815. The molecule has 1 unspecified atom stereocenters. The highest BCUT2D eigenvalue weighted by Crippen LogP contribution is 2.38. The molecule has 3 aliphatic rings. The minimum Gasteiger partial charge on any atom is -0.332 e. The van der Waals surface area contributed by atoms with E-state index in [2.05, 4.69) is 5.10 Å². The van der Waals surface area contributed by atoms with Gasteiger partial charge in [-0.05, 0) is 25.3 Å². The molecule has 1 aliphatic carbocycles. The molecule has 26 heavy (non-hydrogen) atoms. The Bertz CT molecular complexity index is 753. The van der Waals surface area contributed by atoms with E-state index in [1.54, 1.807) is 12.1 Å². The van der Waals surface area contributed by atoms with Gasteiger partial charge in [0, 0.05) is 37.5 Å². The summed E-state index contributed by atoms with van der Waals surface area (Å²) in [7, 11) is 0. The van der Waals surface area contributed by atoms with E-state index in [9.17, 15) is 22.8 Å². The van der Waals surface area contributed by atoms with E-state index in [1.165, 1.54) is 4.68 Å². The fourth-order valence-corrected chi connectivity index (χ4v) is 3.85. The molecule has 1 saturated carbocycles. The van der Waals surface area contributed by atoms with Crippen molar-refractivity contribution >= 4 is 5.91 Å². The van der Waals surface area contributed by atoms with Crippen molar-refractivity contribution in [3.63, 3.8) is 0 Å². The smallest absolute Gasteiger partial charge is 0.332 e. The molecule has 1 aromatic heterocycles. The monoisotopic (exact) mass is 370 g/mol. The predicted octanol–water partition coefficient (Wildman–Crippen LogP) is 1.22. The molecule has 4 rings (SSSR count). The summed E-state index contributed by atoms with van der Waals surface area (Å²) < 4.78 is 39.0. The number of rotatable bonds is 5. The molecule has 1 amide bonds. The lowest BCUT2D eigenvalue weighted by molar-refractivity contribution is -0.160. The summed E-state index contributed by atoms with van der Waals surface area (Å²) in [6.07, 6.45) is -1.71. The van der Waals surface area contributed by atoms with Crippen LogP contribution in [0.4, 0.5) is 13.2 Å². The van der Waals surface area contributed by atoms with E-state index < -0.39 is 24.7 Å². The van der Waals surface area contributed by atoms with Crippen LogP contribution < -0.4 is 5.56 Å². The maximum absolute atomic E-state index is 12.5. The van der Waals surface area contributed by atoms with Crippen molar-refractivity contribution in [1.82, 2.24) is 19.6 Å². The minimum atomic E-state index is -4.36. The van der Waals surface area contributed by atoms with Gasteiger partial charge in [0.15, 0.2) is 0 Å². The standard InChI is InChI=1S/C17H21F3N4O2/c18-17(19,20)10-22-6-5-14(16(22)26)23-7-11(8-23)9-24-15(25)4-3-13(21-24)12-1-2-12/h3-4,11-12,14H,1-2,5-10H2. The third-order valence-corrected chi connectivity index (χ3v) is 5.38. The Kier molecular flexibility index (Phi) is 4.29. The van der Waals surface area contributed by atoms with Gasteiger partial charge in [0.2, 0.25) is 5.91 Å². The topological polar surface area (TPSA) is 58.4 Å². The number of hydrogen-bond acceptors (Lipinski definition) is 4. The van der Waals surface area contributed by atoms with Gasteiger partial charge in [-0.2, -0.15) is 18.3 Å². The Labute approximate surface area is 148 Å². The van der Waals surface area contributed by atoms with Crippen LogP contribution in [-0.4, -0.2) is 63.9 Å². The Hall–Kier alpha value is -1.90. The summed E-state index contributed by atoms with van der Waals surface area (Å²) in [6, 6.07) is 2.87. The largest absolute Gasteiger partial charge is 0.406 e. The first kappa shape index (κ1) is 17.5. The Balaban J connectivity index is 1.31. The molecule has 2 aliphatic heterocycles. The predicted molar refractivity (Wildman–Crippen MR) is 86.6 cm³/mol. The Morgan fingerprint density at radius 2 is 1.85 bits per heavy atom. The normalized spacial score (nSPS) is 25.0. The van der Waals surface area contributed by atoms with Crippen LogP contribution in [0.1, 0.15) is 30.9 Å². The van der Waals surface area contributed by atoms with Gasteiger partial charge in [-0.15, -0.1) is 0 Å². The van der Waals surface area contributed by atoms with Crippen molar-refractivity contribution in [3.05, 3.63) is 28.2 Å². The van der Waals surface area contributed by atoms with Gasteiger partial charge in [-0.25, -0.2) is 4.68 Å². The Morgan fingerprint density at radius 3 is 2.50 bits per heavy atom. The zero-order chi connectivity index (χ0) is 18.5. The summed E-state index contributed by atoms with van der Waals surface area (Å²) in [6.45, 7) is 0.681. The van der Waals surface area contributed by atoms with E-state index in [-0.39, 0.29) is 18.0 Å². The number of aromatic nitrogens is 2. The summed E-state index contributed by atoms with van der Waals surface area (Å²) in [5, 5.41) is 4.43. The Morgan fingerprint density at radius 1 is 1.12 bits per heavy atom. The maximum Gasteiger partial charge on any atom is 0.406 e. The first-order valence-corrected chi connectivity index (χ1v) is 8.98. The fraction of sp³-hybridized carbons (Fsp3) is 0.706. The molecule has 0 spiro atoms. The third kappa shape index (κ3) is 3.62. The highest BCUT2D eigenvalue weighted by molar-refractivity contribution is 5.84. The number of carbonyl (C=O) groups excluding carboxylic acids is 1. The molecule has 9 heteroatoms. The van der Waals surface area contributed by atoms with Crippen LogP contribution in [0.2, 0.25) is 0 Å². The third-order valence-electron chi connectivity index (χ3n) is 5.38. The first-order chi connectivity index (χ1) is 12.3. The van der Waals surface area contributed by atoms with Gasteiger partial charge in [0.1, 0.15) is 6.54 Å². The van der Waals surface area contributed by atoms with Crippen LogP contribution in [-0.2, 0) is 11.3 Å². The number of hydrogen-bond donors (Lipinski definition) is 0. The van der Waals surface area contributed by atoms with Crippen molar-refractivity contribution in [3.8, 4) is 0 Å². The van der Waals surface area contributed by atoms with Gasteiger partial charge in [0.05, 0.1) is 18.3 Å². The molecule has 1 aromatic rings. The van der Waals surface area contributed by atoms with Crippen LogP contribution >= 0.6 is 0 Å². The van der Waals surface area contributed by atoms with Crippen molar-refractivity contribution in [2.75, 3.05) is 26.2 Å². The molecule has 0 aromatic carbocycles. The van der Waals surface area contributed by atoms with Crippen LogP contribution in [0.15, 0.2) is 16.9 Å². The van der Waals surface area contributed by atoms with Gasteiger partial charge < -0.3 is 4.90 Å². The van der Waals surface area contributed by atoms with Crippen molar-refractivity contribution in [2.45, 2.75) is 43.9 Å². The average Bonchev–Trinajstić information content (AvgIpc) is 3.31. The van der Waals surface area contributed by atoms with Crippen LogP contribution in [0.25, 0.3) is 0 Å². The van der Waals surface area contributed by atoms with E-state index in [0.717, 1.165) is 23.4 Å². The second kappa shape index (κ2) is 6.37. The highest BCUT2D eigenvalue weighted by atomic mass is 19.4. The second-order valence-corrected chi connectivity index (χ2v) is 7.55. The lowest BCUT2D eigenvalue weighted by Gasteiger charge is -2.42. The number of alkyl halides is 3. The van der Waals surface area contributed by atoms with Crippen LogP contribution in [0.3, 0.4) is 0 Å². The minimum absolute atomic E-state index is 0.138. The zero-order valence-corrected chi connectivity index (χ0v) is 14.3. The highest BCUT2D eigenvalue weighted by Gasteiger charge is 2.44. The molecule has 1 atom stereocenters. The van der Waals surface area contributed by atoms with E-state index in [1.807, 2.05) is 4.90 Å². The van der Waals surface area contributed by atoms with Crippen LogP contribution in [0.5, 0.6) is 0 Å². The molecule has 0 N–H and O–H groups in total. The molecular formula is C17H21F3N4O2. The van der Waals surface area contributed by atoms with Gasteiger partial charge >= 0.3 is 6.18 Å². The fourth-order valence-electron chi connectivity index (χ4n) is 3.85. The van der Waals surface area contributed by atoms with Crippen molar-refractivity contribution in [1.29, 1.82) is 0 Å². The van der Waals surface area contributed by atoms with E-state index >= 15 is 0 Å². The van der Waals surface area contributed by atoms with Gasteiger partial charge in [0.25, 0.3) is 5.56 Å². The lowest BCUT2D eigenvalue weighted by Crippen LogP contribution is -2.56. The molecule has 0 bridgehead atoms. The average molecular weight is 370 g/mol. The summed E-state index contributed by atoms with van der Waals surface area (Å²) >= 11 is 0. The van der Waals surface area contributed by atoms with Crippen molar-refractivity contribution < 1.29 is 18.0 Å². The molecule has 3 heterocycles. The summed E-state index contributed by atoms with van der Waals surface area (Å²) in [5.74, 6) is 0.224.